The molecule has 1 aromatic rings. The quantitative estimate of drug-likeness (QED) is 0.840. The fourth-order valence-corrected chi connectivity index (χ4v) is 1.35. The third-order valence-corrected chi connectivity index (χ3v) is 2.25. The highest BCUT2D eigenvalue weighted by Gasteiger charge is 2.46. The first-order valence-corrected chi connectivity index (χ1v) is 5.52. The van der Waals surface area contributed by atoms with Crippen LogP contribution in [0.2, 0.25) is 0 Å². The van der Waals surface area contributed by atoms with Crippen molar-refractivity contribution in [1.29, 1.82) is 0 Å². The topological polar surface area (TPSA) is 47.6 Å². The van der Waals surface area contributed by atoms with Crippen LogP contribution in [0.1, 0.15) is 6.92 Å². The molecule has 0 radical (unpaired) electrons. The summed E-state index contributed by atoms with van der Waals surface area (Å²) >= 11 is 0. The number of halogens is 3. The van der Waals surface area contributed by atoms with Crippen LogP contribution in [-0.2, 0) is 9.53 Å². The van der Waals surface area contributed by atoms with Gasteiger partial charge in [0.2, 0.25) is 6.04 Å². The Hall–Kier alpha value is -1.92. The van der Waals surface area contributed by atoms with Gasteiger partial charge in [-0.2, -0.15) is 13.2 Å². The van der Waals surface area contributed by atoms with Gasteiger partial charge >= 0.3 is 12.1 Å². The minimum atomic E-state index is -4.73. The van der Waals surface area contributed by atoms with Crippen molar-refractivity contribution in [2.45, 2.75) is 19.1 Å². The molecule has 0 aromatic heterocycles. The van der Waals surface area contributed by atoms with Gasteiger partial charge in [0.1, 0.15) is 5.75 Å². The van der Waals surface area contributed by atoms with E-state index in [4.69, 9.17) is 4.74 Å². The van der Waals surface area contributed by atoms with Crippen LogP contribution in [0.4, 0.5) is 18.9 Å². The molecule has 19 heavy (non-hydrogen) atoms. The number of alkyl halides is 3. The molecule has 0 heterocycles. The van der Waals surface area contributed by atoms with Gasteiger partial charge in [-0.25, -0.2) is 4.79 Å². The third-order valence-electron chi connectivity index (χ3n) is 2.25. The molecule has 0 aliphatic heterocycles. The zero-order chi connectivity index (χ0) is 14.5. The highest BCUT2D eigenvalue weighted by molar-refractivity contribution is 5.80. The number of esters is 1. The Labute approximate surface area is 108 Å². The second-order valence-electron chi connectivity index (χ2n) is 3.60. The minimum absolute atomic E-state index is 0.115. The number of rotatable bonds is 5. The molecule has 0 spiro atoms. The summed E-state index contributed by atoms with van der Waals surface area (Å²) in [6.45, 7) is 1.33. The van der Waals surface area contributed by atoms with E-state index in [0.29, 0.717) is 5.75 Å². The van der Waals surface area contributed by atoms with Gasteiger partial charge in [-0.3, -0.25) is 0 Å². The lowest BCUT2D eigenvalue weighted by Crippen LogP contribution is -2.44. The third kappa shape index (κ3) is 4.35. The maximum atomic E-state index is 12.7. The largest absolute Gasteiger partial charge is 0.497 e. The maximum Gasteiger partial charge on any atom is 0.419 e. The zero-order valence-corrected chi connectivity index (χ0v) is 10.5. The summed E-state index contributed by atoms with van der Waals surface area (Å²) in [5.41, 5.74) is 0.149. The minimum Gasteiger partial charge on any atom is -0.497 e. The van der Waals surface area contributed by atoms with E-state index < -0.39 is 18.2 Å². The summed E-state index contributed by atoms with van der Waals surface area (Å²) in [7, 11) is 1.44. The van der Waals surface area contributed by atoms with Crippen molar-refractivity contribution >= 4 is 11.7 Å². The van der Waals surface area contributed by atoms with Crippen LogP contribution in [0.3, 0.4) is 0 Å². The summed E-state index contributed by atoms with van der Waals surface area (Å²) < 4.78 is 47.5. The fourth-order valence-electron chi connectivity index (χ4n) is 1.35. The van der Waals surface area contributed by atoms with Crippen LogP contribution in [0.15, 0.2) is 24.3 Å². The molecule has 1 N–H and O–H groups in total. The molecule has 1 rings (SSSR count). The molecule has 0 saturated carbocycles. The summed E-state index contributed by atoms with van der Waals surface area (Å²) in [6, 6.07) is 3.36. The van der Waals surface area contributed by atoms with E-state index in [1.54, 1.807) is 0 Å². The number of methoxy groups -OCH3 is 1. The summed E-state index contributed by atoms with van der Waals surface area (Å²) in [5.74, 6) is -0.851. The maximum absolute atomic E-state index is 12.7. The van der Waals surface area contributed by atoms with Crippen LogP contribution < -0.4 is 10.1 Å². The van der Waals surface area contributed by atoms with E-state index in [1.165, 1.54) is 38.3 Å². The number of hydrogen-bond donors (Lipinski definition) is 1. The van der Waals surface area contributed by atoms with Crippen LogP contribution in [0.5, 0.6) is 5.75 Å². The van der Waals surface area contributed by atoms with Gasteiger partial charge in [-0.1, -0.05) is 0 Å². The second-order valence-corrected chi connectivity index (χ2v) is 3.60. The van der Waals surface area contributed by atoms with E-state index in [-0.39, 0.29) is 12.3 Å². The fraction of sp³-hybridized carbons (Fsp3) is 0.417. The molecular formula is C12H14F3NO3. The number of anilines is 1. The molecule has 106 valence electrons. The molecule has 0 aliphatic rings. The molecule has 1 aromatic carbocycles. The van der Waals surface area contributed by atoms with E-state index in [9.17, 15) is 18.0 Å². The number of hydrogen-bond acceptors (Lipinski definition) is 4. The lowest BCUT2D eigenvalue weighted by molar-refractivity contribution is -0.175. The molecule has 7 heteroatoms. The smallest absolute Gasteiger partial charge is 0.419 e. The van der Waals surface area contributed by atoms with Crippen LogP contribution in [-0.4, -0.2) is 31.9 Å². The van der Waals surface area contributed by atoms with E-state index in [0.717, 1.165) is 0 Å². The Bertz CT molecular complexity index is 417. The average molecular weight is 277 g/mol. The highest BCUT2D eigenvalue weighted by Crippen LogP contribution is 2.25. The molecule has 0 saturated heterocycles. The van der Waals surface area contributed by atoms with E-state index in [1.807, 2.05) is 0 Å². The second kappa shape index (κ2) is 6.31. The predicted octanol–water partition coefficient (Wildman–Crippen LogP) is 2.60. The van der Waals surface area contributed by atoms with Crippen molar-refractivity contribution in [2.24, 2.45) is 0 Å². The van der Waals surface area contributed by atoms with E-state index >= 15 is 0 Å². The molecule has 0 bridgehead atoms. The Kier molecular flexibility index (Phi) is 5.02. The van der Waals surface area contributed by atoms with Crippen molar-refractivity contribution in [3.05, 3.63) is 24.3 Å². The van der Waals surface area contributed by atoms with Crippen molar-refractivity contribution in [3.8, 4) is 5.75 Å². The SMILES string of the molecule is CCOC(=O)C(Nc1ccc(OC)cc1)C(F)(F)F. The monoisotopic (exact) mass is 277 g/mol. The molecular weight excluding hydrogens is 263 g/mol. The van der Waals surface area contributed by atoms with Gasteiger partial charge in [0.15, 0.2) is 0 Å². The van der Waals surface area contributed by atoms with Crippen molar-refractivity contribution in [1.82, 2.24) is 0 Å². The van der Waals surface area contributed by atoms with Gasteiger partial charge in [0, 0.05) is 5.69 Å². The van der Waals surface area contributed by atoms with Crippen molar-refractivity contribution in [3.63, 3.8) is 0 Å². The number of nitrogens with one attached hydrogen (secondary N) is 1. The normalized spacial score (nSPS) is 12.7. The Morgan fingerprint density at radius 1 is 1.32 bits per heavy atom. The standard InChI is InChI=1S/C12H14F3NO3/c1-3-19-11(17)10(12(13,14)15)16-8-4-6-9(18-2)7-5-8/h4-7,10,16H,3H2,1-2H3. The lowest BCUT2D eigenvalue weighted by atomic mass is 10.2. The Morgan fingerprint density at radius 2 is 1.89 bits per heavy atom. The van der Waals surface area contributed by atoms with Gasteiger partial charge < -0.3 is 14.8 Å². The average Bonchev–Trinajstić information content (AvgIpc) is 2.35. The first-order chi connectivity index (χ1) is 8.88. The van der Waals surface area contributed by atoms with Crippen molar-refractivity contribution in [2.75, 3.05) is 19.0 Å². The molecule has 0 fully saturated rings. The van der Waals surface area contributed by atoms with Gasteiger partial charge in [0.05, 0.1) is 13.7 Å². The molecule has 1 atom stereocenters. The number of carbonyl (C=O) groups is 1. The zero-order valence-electron chi connectivity index (χ0n) is 10.5. The Morgan fingerprint density at radius 3 is 2.32 bits per heavy atom. The van der Waals surface area contributed by atoms with Gasteiger partial charge in [0.25, 0.3) is 0 Å². The summed E-state index contributed by atoms with van der Waals surface area (Å²) in [5, 5.41) is 2.10. The molecule has 0 aliphatic carbocycles. The molecule has 4 nitrogen and oxygen atoms in total. The number of carbonyl (C=O) groups excluding carboxylic acids is 1. The summed E-state index contributed by atoms with van der Waals surface area (Å²) in [4.78, 5) is 11.3. The van der Waals surface area contributed by atoms with Gasteiger partial charge in [-0.05, 0) is 31.2 Å². The number of ether oxygens (including phenoxy) is 2. The first-order valence-electron chi connectivity index (χ1n) is 5.52. The molecule has 0 amide bonds. The lowest BCUT2D eigenvalue weighted by Gasteiger charge is -2.20. The Balaban J connectivity index is 2.84. The molecule has 1 unspecified atom stereocenters. The number of benzene rings is 1. The van der Waals surface area contributed by atoms with E-state index in [2.05, 4.69) is 10.1 Å². The first kappa shape index (κ1) is 15.1. The predicted molar refractivity (Wildman–Crippen MR) is 63.1 cm³/mol. The van der Waals surface area contributed by atoms with Crippen LogP contribution in [0, 0.1) is 0 Å². The summed E-state index contributed by atoms with van der Waals surface area (Å²) in [6.07, 6.45) is -4.73. The van der Waals surface area contributed by atoms with Crippen LogP contribution in [0.25, 0.3) is 0 Å². The van der Waals surface area contributed by atoms with Gasteiger partial charge in [-0.15, -0.1) is 0 Å². The highest BCUT2D eigenvalue weighted by atomic mass is 19.4. The van der Waals surface area contributed by atoms with Crippen molar-refractivity contribution < 1.29 is 27.4 Å². The van der Waals surface area contributed by atoms with Crippen LogP contribution >= 0.6 is 0 Å².